The predicted molar refractivity (Wildman–Crippen MR) is 77.9 cm³/mol. The van der Waals surface area contributed by atoms with E-state index in [4.69, 9.17) is 0 Å². The topological polar surface area (TPSA) is 15.3 Å². The van der Waals surface area contributed by atoms with Crippen molar-refractivity contribution in [1.29, 1.82) is 0 Å². The lowest BCUT2D eigenvalue weighted by Gasteiger charge is -2.33. The van der Waals surface area contributed by atoms with Gasteiger partial charge in [-0.05, 0) is 51.9 Å². The number of nitrogens with one attached hydrogen (secondary N) is 1. The molecule has 1 N–H and O–H groups in total. The van der Waals surface area contributed by atoms with E-state index in [0.717, 1.165) is 0 Å². The van der Waals surface area contributed by atoms with E-state index in [-0.39, 0.29) is 0 Å². The van der Waals surface area contributed by atoms with Gasteiger partial charge in [-0.2, -0.15) is 0 Å². The molecule has 0 radical (unpaired) electrons. The van der Waals surface area contributed by atoms with Crippen LogP contribution in [-0.2, 0) is 0 Å². The molecule has 2 nitrogen and oxygen atoms in total. The number of hydrogen-bond acceptors (Lipinski definition) is 2. The van der Waals surface area contributed by atoms with E-state index in [1.165, 1.54) is 43.6 Å². The van der Waals surface area contributed by atoms with Gasteiger partial charge < -0.3 is 10.2 Å². The molecule has 100 valence electrons. The van der Waals surface area contributed by atoms with Gasteiger partial charge in [0.15, 0.2) is 0 Å². The zero-order valence-electron chi connectivity index (χ0n) is 11.9. The monoisotopic (exact) mass is 246 g/mol. The summed E-state index contributed by atoms with van der Waals surface area (Å²) in [6.45, 7) is 10.4. The first-order valence-electron chi connectivity index (χ1n) is 7.24. The Kier molecular flexibility index (Phi) is 4.79. The van der Waals surface area contributed by atoms with Crippen LogP contribution in [0, 0.1) is 6.92 Å². The molecule has 1 saturated heterocycles. The van der Waals surface area contributed by atoms with Crippen LogP contribution in [-0.4, -0.2) is 30.6 Å². The molecule has 1 heterocycles. The molecular weight excluding hydrogens is 220 g/mol. The molecular formula is C16H26N2. The maximum absolute atomic E-state index is 3.78. The Labute approximate surface area is 111 Å². The van der Waals surface area contributed by atoms with Crippen LogP contribution < -0.4 is 5.32 Å². The fraction of sp³-hybridized carbons (Fsp3) is 0.625. The largest absolute Gasteiger partial charge is 0.307 e. The summed E-state index contributed by atoms with van der Waals surface area (Å²) in [5.74, 6) is 0. The Morgan fingerprint density at radius 3 is 2.67 bits per heavy atom. The van der Waals surface area contributed by atoms with Gasteiger partial charge in [-0.25, -0.2) is 0 Å². The third-order valence-electron chi connectivity index (χ3n) is 4.06. The highest BCUT2D eigenvalue weighted by Gasteiger charge is 2.19. The predicted octanol–water partition coefficient (Wildman–Crippen LogP) is 3.13. The zero-order valence-corrected chi connectivity index (χ0v) is 11.9. The lowest BCUT2D eigenvalue weighted by atomic mass is 10.0. The normalized spacial score (nSPS) is 19.9. The summed E-state index contributed by atoms with van der Waals surface area (Å²) < 4.78 is 0. The van der Waals surface area contributed by atoms with Gasteiger partial charge in [-0.1, -0.05) is 36.8 Å². The molecule has 18 heavy (non-hydrogen) atoms. The third kappa shape index (κ3) is 3.56. The van der Waals surface area contributed by atoms with Crippen molar-refractivity contribution in [3.8, 4) is 0 Å². The van der Waals surface area contributed by atoms with Gasteiger partial charge in [-0.15, -0.1) is 0 Å². The minimum Gasteiger partial charge on any atom is -0.307 e. The van der Waals surface area contributed by atoms with Crippen molar-refractivity contribution < 1.29 is 0 Å². The van der Waals surface area contributed by atoms with E-state index in [9.17, 15) is 0 Å². The molecule has 1 unspecified atom stereocenters. The Morgan fingerprint density at radius 1 is 1.33 bits per heavy atom. The maximum Gasteiger partial charge on any atom is 0.0294 e. The molecule has 1 fully saturated rings. The lowest BCUT2D eigenvalue weighted by Crippen LogP contribution is -2.43. The van der Waals surface area contributed by atoms with Crippen molar-refractivity contribution >= 4 is 0 Å². The van der Waals surface area contributed by atoms with Crippen LogP contribution in [0.2, 0.25) is 0 Å². The van der Waals surface area contributed by atoms with Crippen LogP contribution in [0.1, 0.15) is 43.9 Å². The molecule has 2 heteroatoms. The van der Waals surface area contributed by atoms with E-state index in [1.54, 1.807) is 0 Å². The van der Waals surface area contributed by atoms with Gasteiger partial charge >= 0.3 is 0 Å². The molecule has 0 saturated carbocycles. The van der Waals surface area contributed by atoms with Crippen LogP contribution in [0.4, 0.5) is 0 Å². The standard InChI is InChI=1S/C16H26N2/c1-4-18-10-8-16(9-11-18)17-14(3)15-7-5-6-13(2)12-15/h5-7,12,14,16-17H,4,8-11H2,1-3H3. The number of benzene rings is 1. The van der Waals surface area contributed by atoms with Gasteiger partial charge in [-0.3, -0.25) is 0 Å². The highest BCUT2D eigenvalue weighted by molar-refractivity contribution is 5.24. The number of aryl methyl sites for hydroxylation is 1. The maximum atomic E-state index is 3.78. The molecule has 2 rings (SSSR count). The van der Waals surface area contributed by atoms with E-state index >= 15 is 0 Å². The Hall–Kier alpha value is -0.860. The molecule has 0 amide bonds. The summed E-state index contributed by atoms with van der Waals surface area (Å²) in [5, 5.41) is 3.78. The van der Waals surface area contributed by atoms with Crippen LogP contribution in [0.25, 0.3) is 0 Å². The second kappa shape index (κ2) is 6.35. The van der Waals surface area contributed by atoms with Crippen molar-refractivity contribution in [2.75, 3.05) is 19.6 Å². The summed E-state index contributed by atoms with van der Waals surface area (Å²) in [7, 11) is 0. The van der Waals surface area contributed by atoms with Crippen LogP contribution >= 0.6 is 0 Å². The van der Waals surface area contributed by atoms with E-state index < -0.39 is 0 Å². The molecule has 1 atom stereocenters. The number of nitrogens with zero attached hydrogens (tertiary/aromatic N) is 1. The first kappa shape index (κ1) is 13.6. The van der Waals surface area contributed by atoms with Gasteiger partial charge in [0.1, 0.15) is 0 Å². The summed E-state index contributed by atoms with van der Waals surface area (Å²) in [6, 6.07) is 9.98. The van der Waals surface area contributed by atoms with Gasteiger partial charge in [0.2, 0.25) is 0 Å². The first-order chi connectivity index (χ1) is 8.69. The minimum atomic E-state index is 0.461. The van der Waals surface area contributed by atoms with E-state index in [0.29, 0.717) is 12.1 Å². The summed E-state index contributed by atoms with van der Waals surface area (Å²) >= 11 is 0. The molecule has 0 spiro atoms. The van der Waals surface area contributed by atoms with Gasteiger partial charge in [0.25, 0.3) is 0 Å². The highest BCUT2D eigenvalue weighted by atomic mass is 15.1. The SMILES string of the molecule is CCN1CCC(NC(C)c2cccc(C)c2)CC1. The number of rotatable bonds is 4. The minimum absolute atomic E-state index is 0.461. The molecule has 1 aliphatic rings. The average Bonchev–Trinajstić information content (AvgIpc) is 2.39. The second-order valence-electron chi connectivity index (χ2n) is 5.51. The number of hydrogen-bond donors (Lipinski definition) is 1. The summed E-state index contributed by atoms with van der Waals surface area (Å²) in [5.41, 5.74) is 2.76. The quantitative estimate of drug-likeness (QED) is 0.878. The Balaban J connectivity index is 1.86. The average molecular weight is 246 g/mol. The van der Waals surface area contributed by atoms with Crippen LogP contribution in [0.15, 0.2) is 24.3 Å². The molecule has 0 aliphatic carbocycles. The first-order valence-corrected chi connectivity index (χ1v) is 7.24. The number of piperidine rings is 1. The lowest BCUT2D eigenvalue weighted by molar-refractivity contribution is 0.200. The van der Waals surface area contributed by atoms with Crippen LogP contribution in [0.3, 0.4) is 0 Å². The summed E-state index contributed by atoms with van der Waals surface area (Å²) in [4.78, 5) is 2.54. The van der Waals surface area contributed by atoms with Crippen molar-refractivity contribution in [3.05, 3.63) is 35.4 Å². The smallest absolute Gasteiger partial charge is 0.0294 e. The zero-order chi connectivity index (χ0) is 13.0. The fourth-order valence-corrected chi connectivity index (χ4v) is 2.81. The van der Waals surface area contributed by atoms with Crippen molar-refractivity contribution in [2.45, 2.75) is 45.7 Å². The van der Waals surface area contributed by atoms with Crippen molar-refractivity contribution in [1.82, 2.24) is 10.2 Å². The van der Waals surface area contributed by atoms with E-state index in [1.807, 2.05) is 0 Å². The second-order valence-corrected chi connectivity index (χ2v) is 5.51. The fourth-order valence-electron chi connectivity index (χ4n) is 2.81. The molecule has 0 aromatic heterocycles. The molecule has 1 aromatic rings. The molecule has 1 aromatic carbocycles. The van der Waals surface area contributed by atoms with Gasteiger partial charge in [0.05, 0.1) is 0 Å². The molecule has 1 aliphatic heterocycles. The van der Waals surface area contributed by atoms with Crippen molar-refractivity contribution in [2.24, 2.45) is 0 Å². The van der Waals surface area contributed by atoms with E-state index in [2.05, 4.69) is 55.3 Å². The molecule has 0 bridgehead atoms. The van der Waals surface area contributed by atoms with Gasteiger partial charge in [0, 0.05) is 12.1 Å². The van der Waals surface area contributed by atoms with Crippen molar-refractivity contribution in [3.63, 3.8) is 0 Å². The Bertz CT molecular complexity index is 367. The number of likely N-dealkylation sites (tertiary alicyclic amines) is 1. The summed E-state index contributed by atoms with van der Waals surface area (Å²) in [6.07, 6.45) is 2.56. The van der Waals surface area contributed by atoms with Crippen LogP contribution in [0.5, 0.6) is 0 Å². The highest BCUT2D eigenvalue weighted by Crippen LogP contribution is 2.18. The third-order valence-corrected chi connectivity index (χ3v) is 4.06. The Morgan fingerprint density at radius 2 is 2.06 bits per heavy atom.